The second-order valence-electron chi connectivity index (χ2n) is 5.31. The first-order valence-electron chi connectivity index (χ1n) is 7.30. The maximum Gasteiger partial charge on any atom is 0.271 e. The Hall–Kier alpha value is -3.35. The second-order valence-corrected chi connectivity index (χ2v) is 5.31. The number of nitrogens with two attached hydrogens (primary N) is 1. The topological polar surface area (TPSA) is 106 Å². The zero-order valence-corrected chi connectivity index (χ0v) is 13.0. The number of hydrazone groups is 1. The third kappa shape index (κ3) is 3.35. The average molecular weight is 324 g/mol. The van der Waals surface area contributed by atoms with Gasteiger partial charge >= 0.3 is 0 Å². The normalized spacial score (nSPS) is 13.5. The molecule has 0 atom stereocenters. The summed E-state index contributed by atoms with van der Waals surface area (Å²) in [6.45, 7) is 1.77. The molecule has 1 heterocycles. The minimum Gasteiger partial charge on any atom is -0.482 e. The summed E-state index contributed by atoms with van der Waals surface area (Å²) in [7, 11) is 0. The van der Waals surface area contributed by atoms with Crippen molar-refractivity contribution in [1.82, 2.24) is 5.43 Å². The lowest BCUT2D eigenvalue weighted by Gasteiger charge is -2.18. The van der Waals surface area contributed by atoms with Gasteiger partial charge in [-0.15, -0.1) is 0 Å². The summed E-state index contributed by atoms with van der Waals surface area (Å²) in [6.07, 6.45) is 0. The highest BCUT2D eigenvalue weighted by atomic mass is 16.5. The molecule has 2 aromatic carbocycles. The van der Waals surface area contributed by atoms with Gasteiger partial charge in [-0.1, -0.05) is 0 Å². The van der Waals surface area contributed by atoms with Crippen molar-refractivity contribution in [3.8, 4) is 5.75 Å². The molecule has 7 heteroatoms. The highest BCUT2D eigenvalue weighted by Gasteiger charge is 2.16. The standard InChI is InChI=1S/C17H16N4O3/c1-10(20-21-17(23)11-2-5-13(18)6-3-11)12-4-7-15-14(8-12)19-16(22)9-24-15/h2-8H,9,18H2,1H3,(H,19,22)(H,21,23)/b20-10-. The number of hydrogen-bond acceptors (Lipinski definition) is 5. The predicted molar refractivity (Wildman–Crippen MR) is 91.1 cm³/mol. The van der Waals surface area contributed by atoms with Crippen LogP contribution in [0, 0.1) is 0 Å². The van der Waals surface area contributed by atoms with Crippen LogP contribution in [0.1, 0.15) is 22.8 Å². The summed E-state index contributed by atoms with van der Waals surface area (Å²) in [5.74, 6) is 0.0758. The SMILES string of the molecule is C/C(=N/NC(=O)c1ccc(N)cc1)c1ccc2c(c1)NC(=O)CO2. The minimum atomic E-state index is -0.330. The van der Waals surface area contributed by atoms with Gasteiger partial charge in [0.05, 0.1) is 11.4 Å². The first-order chi connectivity index (χ1) is 11.5. The van der Waals surface area contributed by atoms with Crippen LogP contribution < -0.4 is 21.2 Å². The minimum absolute atomic E-state index is 0.0110. The number of ether oxygens (including phenoxy) is 1. The van der Waals surface area contributed by atoms with Gasteiger partial charge in [0.15, 0.2) is 6.61 Å². The molecular formula is C17H16N4O3. The van der Waals surface area contributed by atoms with Crippen molar-refractivity contribution < 1.29 is 14.3 Å². The molecule has 0 fully saturated rings. The molecule has 3 rings (SSSR count). The van der Waals surface area contributed by atoms with Crippen molar-refractivity contribution in [2.75, 3.05) is 17.7 Å². The van der Waals surface area contributed by atoms with E-state index in [1.807, 2.05) is 6.07 Å². The van der Waals surface area contributed by atoms with Gasteiger partial charge in [-0.2, -0.15) is 5.10 Å². The van der Waals surface area contributed by atoms with Crippen molar-refractivity contribution in [2.24, 2.45) is 5.10 Å². The Morgan fingerprint density at radius 1 is 1.21 bits per heavy atom. The molecule has 0 saturated heterocycles. The molecule has 1 aliphatic heterocycles. The molecule has 24 heavy (non-hydrogen) atoms. The summed E-state index contributed by atoms with van der Waals surface area (Å²) in [4.78, 5) is 23.4. The largest absolute Gasteiger partial charge is 0.482 e. The van der Waals surface area contributed by atoms with Crippen LogP contribution in [-0.2, 0) is 4.79 Å². The van der Waals surface area contributed by atoms with Gasteiger partial charge in [-0.05, 0) is 55.0 Å². The van der Waals surface area contributed by atoms with E-state index in [1.165, 1.54) is 0 Å². The highest BCUT2D eigenvalue weighted by molar-refractivity contribution is 6.03. The van der Waals surface area contributed by atoms with Gasteiger partial charge in [0, 0.05) is 11.3 Å². The van der Waals surface area contributed by atoms with Crippen LogP contribution in [0.2, 0.25) is 0 Å². The van der Waals surface area contributed by atoms with Crippen molar-refractivity contribution in [2.45, 2.75) is 6.92 Å². The molecule has 0 unspecified atom stereocenters. The molecule has 0 spiro atoms. The molecule has 122 valence electrons. The third-order valence-electron chi connectivity index (χ3n) is 3.53. The van der Waals surface area contributed by atoms with E-state index in [4.69, 9.17) is 10.5 Å². The Morgan fingerprint density at radius 3 is 2.67 bits per heavy atom. The van der Waals surface area contributed by atoms with Crippen LogP contribution in [0.5, 0.6) is 5.75 Å². The number of carbonyl (C=O) groups is 2. The molecule has 0 bridgehead atoms. The first-order valence-corrected chi connectivity index (χ1v) is 7.30. The highest BCUT2D eigenvalue weighted by Crippen LogP contribution is 2.28. The quantitative estimate of drug-likeness (QED) is 0.454. The summed E-state index contributed by atoms with van der Waals surface area (Å²) in [6, 6.07) is 11.9. The van der Waals surface area contributed by atoms with E-state index in [1.54, 1.807) is 43.3 Å². The van der Waals surface area contributed by atoms with E-state index in [-0.39, 0.29) is 18.4 Å². The Morgan fingerprint density at radius 2 is 1.92 bits per heavy atom. The Bertz CT molecular complexity index is 828. The lowest BCUT2D eigenvalue weighted by atomic mass is 10.1. The van der Waals surface area contributed by atoms with Crippen molar-refractivity contribution in [1.29, 1.82) is 0 Å². The molecule has 0 radical (unpaired) electrons. The zero-order valence-electron chi connectivity index (χ0n) is 13.0. The molecule has 0 aromatic heterocycles. The molecule has 7 nitrogen and oxygen atoms in total. The Kier molecular flexibility index (Phi) is 4.15. The fraction of sp³-hybridized carbons (Fsp3) is 0.118. The number of rotatable bonds is 3. The van der Waals surface area contributed by atoms with Crippen molar-refractivity contribution in [3.63, 3.8) is 0 Å². The fourth-order valence-corrected chi connectivity index (χ4v) is 2.21. The molecule has 2 aromatic rings. The van der Waals surface area contributed by atoms with E-state index < -0.39 is 0 Å². The number of carbonyl (C=O) groups excluding carboxylic acids is 2. The van der Waals surface area contributed by atoms with Crippen LogP contribution >= 0.6 is 0 Å². The second kappa shape index (κ2) is 6.41. The van der Waals surface area contributed by atoms with Gasteiger partial charge in [-0.3, -0.25) is 9.59 Å². The van der Waals surface area contributed by atoms with Crippen LogP contribution in [-0.4, -0.2) is 24.1 Å². The summed E-state index contributed by atoms with van der Waals surface area (Å²) in [5, 5.41) is 6.83. The van der Waals surface area contributed by atoms with Gasteiger partial charge in [-0.25, -0.2) is 5.43 Å². The number of benzene rings is 2. The van der Waals surface area contributed by atoms with E-state index in [9.17, 15) is 9.59 Å². The maximum atomic E-state index is 12.0. The third-order valence-corrected chi connectivity index (χ3v) is 3.53. The zero-order chi connectivity index (χ0) is 17.1. The number of fused-ring (bicyclic) bond motifs is 1. The van der Waals surface area contributed by atoms with Gasteiger partial charge < -0.3 is 15.8 Å². The number of nitrogen functional groups attached to an aromatic ring is 1. The molecule has 2 amide bonds. The predicted octanol–water partition coefficient (Wildman–Crippen LogP) is 1.75. The summed E-state index contributed by atoms with van der Waals surface area (Å²) in [5.41, 5.74) is 11.1. The lowest BCUT2D eigenvalue weighted by Crippen LogP contribution is -2.25. The number of nitrogens with one attached hydrogen (secondary N) is 2. The fourth-order valence-electron chi connectivity index (χ4n) is 2.21. The number of nitrogens with zero attached hydrogens (tertiary/aromatic N) is 1. The van der Waals surface area contributed by atoms with Gasteiger partial charge in [0.1, 0.15) is 5.75 Å². The summed E-state index contributed by atoms with van der Waals surface area (Å²) < 4.78 is 5.30. The van der Waals surface area contributed by atoms with Crippen molar-refractivity contribution >= 4 is 28.9 Å². The first kappa shape index (κ1) is 15.5. The van der Waals surface area contributed by atoms with Crippen LogP contribution in [0.3, 0.4) is 0 Å². The molecule has 0 saturated carbocycles. The molecule has 4 N–H and O–H groups in total. The van der Waals surface area contributed by atoms with Crippen LogP contribution in [0.4, 0.5) is 11.4 Å². The van der Waals surface area contributed by atoms with E-state index in [2.05, 4.69) is 15.8 Å². The smallest absolute Gasteiger partial charge is 0.271 e. The van der Waals surface area contributed by atoms with Crippen LogP contribution in [0.15, 0.2) is 47.6 Å². The Labute approximate surface area is 138 Å². The van der Waals surface area contributed by atoms with Crippen LogP contribution in [0.25, 0.3) is 0 Å². The summed E-state index contributed by atoms with van der Waals surface area (Å²) >= 11 is 0. The van der Waals surface area contributed by atoms with Gasteiger partial charge in [0.2, 0.25) is 0 Å². The number of anilines is 2. The Balaban J connectivity index is 1.74. The molecular weight excluding hydrogens is 308 g/mol. The average Bonchev–Trinajstić information content (AvgIpc) is 2.59. The van der Waals surface area contributed by atoms with E-state index in [0.717, 1.165) is 5.56 Å². The molecule has 0 aliphatic carbocycles. The van der Waals surface area contributed by atoms with Gasteiger partial charge in [0.25, 0.3) is 11.8 Å². The van der Waals surface area contributed by atoms with E-state index in [0.29, 0.717) is 28.4 Å². The van der Waals surface area contributed by atoms with Crippen molar-refractivity contribution in [3.05, 3.63) is 53.6 Å². The maximum absolute atomic E-state index is 12.0. The number of amides is 2. The molecule has 1 aliphatic rings. The lowest BCUT2D eigenvalue weighted by molar-refractivity contribution is -0.118. The number of hydrogen-bond donors (Lipinski definition) is 3. The monoisotopic (exact) mass is 324 g/mol. The van der Waals surface area contributed by atoms with E-state index >= 15 is 0 Å².